The summed E-state index contributed by atoms with van der Waals surface area (Å²) in [7, 11) is -0.158. The monoisotopic (exact) mass is 332 g/mol. The van der Waals surface area contributed by atoms with Gasteiger partial charge in [-0.3, -0.25) is 0 Å². The maximum absolute atomic E-state index is 3.62. The van der Waals surface area contributed by atoms with E-state index >= 15 is 0 Å². The Bertz CT molecular complexity index is 679. The average molecular weight is 333 g/mol. The summed E-state index contributed by atoms with van der Waals surface area (Å²) in [5, 5.41) is 2.88. The number of rotatable bonds is 2. The molecule has 0 unspecified atom stereocenters. The highest BCUT2D eigenvalue weighted by Gasteiger charge is 2.33. The van der Waals surface area contributed by atoms with Gasteiger partial charge in [0.1, 0.15) is 0 Å². The second-order valence-corrected chi connectivity index (χ2v) is 10.9. The molecule has 0 heterocycles. The van der Waals surface area contributed by atoms with Crippen LogP contribution in [0.1, 0.15) is 0 Å². The molecular formula is C15H17BrSi2. The van der Waals surface area contributed by atoms with Crippen LogP contribution in [0.4, 0.5) is 0 Å². The quantitative estimate of drug-likeness (QED) is 0.719. The molecule has 0 fully saturated rings. The summed E-state index contributed by atoms with van der Waals surface area (Å²) >= 11 is 3.62. The lowest BCUT2D eigenvalue weighted by molar-refractivity contribution is 1.20. The van der Waals surface area contributed by atoms with Crippen molar-refractivity contribution in [3.8, 4) is 0 Å². The van der Waals surface area contributed by atoms with Gasteiger partial charge in [0.25, 0.3) is 0 Å². The number of hydrogen-bond donors (Lipinski definition) is 0. The van der Waals surface area contributed by atoms with Crippen molar-refractivity contribution in [2.75, 3.05) is 0 Å². The second kappa shape index (κ2) is 4.47. The first kappa shape index (κ1) is 12.4. The maximum atomic E-state index is 3.62. The van der Waals surface area contributed by atoms with Gasteiger partial charge in [-0.25, -0.2) is 0 Å². The lowest BCUT2D eigenvalue weighted by atomic mass is 9.98. The van der Waals surface area contributed by atoms with Gasteiger partial charge in [0.05, 0.1) is 0 Å². The van der Waals surface area contributed by atoms with E-state index in [1.165, 1.54) is 20.5 Å². The van der Waals surface area contributed by atoms with Crippen molar-refractivity contribution in [3.63, 3.8) is 0 Å². The number of allylic oxidation sites excluding steroid dienone is 4. The largest absolute Gasteiger partial charge is 0.0806 e. The van der Waals surface area contributed by atoms with E-state index < -0.39 is 0 Å². The molecule has 0 nitrogen and oxygen atoms in total. The SMILES string of the molecule is C[SiH2]C1([SiH2]C)C=CC=C2C=c3ccc(Br)cc3=C21. The molecule has 0 radical (unpaired) electrons. The standard InChI is InChI=1S/C15H17BrSi2/c1-17-15(18-2)7-3-4-11-8-10-5-6-12(16)9-13(10)14(11)15/h3-9H,17-18H2,1-2H3. The fourth-order valence-corrected chi connectivity index (χ4v) is 7.81. The van der Waals surface area contributed by atoms with Gasteiger partial charge in [0, 0.05) is 23.5 Å². The summed E-state index contributed by atoms with van der Waals surface area (Å²) in [4.78, 5) is 0. The molecule has 3 heteroatoms. The lowest BCUT2D eigenvalue weighted by Gasteiger charge is -2.33. The molecule has 2 aliphatic rings. The minimum atomic E-state index is -0.0789. The Balaban J connectivity index is 2.40. The van der Waals surface area contributed by atoms with Gasteiger partial charge in [-0.2, -0.15) is 0 Å². The Labute approximate surface area is 121 Å². The zero-order valence-corrected chi connectivity index (χ0v) is 15.2. The van der Waals surface area contributed by atoms with Crippen LogP contribution >= 0.6 is 15.9 Å². The summed E-state index contributed by atoms with van der Waals surface area (Å²) in [6.45, 7) is 4.93. The van der Waals surface area contributed by atoms with E-state index in [0.29, 0.717) is 4.66 Å². The fourth-order valence-electron chi connectivity index (χ4n) is 3.21. The van der Waals surface area contributed by atoms with E-state index in [0.717, 1.165) is 0 Å². The van der Waals surface area contributed by atoms with Gasteiger partial charge in [-0.05, 0) is 44.5 Å². The van der Waals surface area contributed by atoms with E-state index in [-0.39, 0.29) is 19.0 Å². The van der Waals surface area contributed by atoms with Crippen molar-refractivity contribution in [2.45, 2.75) is 17.8 Å². The van der Waals surface area contributed by atoms with Gasteiger partial charge >= 0.3 is 0 Å². The highest BCUT2D eigenvalue weighted by molar-refractivity contribution is 9.10. The van der Waals surface area contributed by atoms with Crippen molar-refractivity contribution in [3.05, 3.63) is 56.9 Å². The highest BCUT2D eigenvalue weighted by Crippen LogP contribution is 2.44. The van der Waals surface area contributed by atoms with E-state index in [4.69, 9.17) is 0 Å². The predicted octanol–water partition coefficient (Wildman–Crippen LogP) is 1.44. The Kier molecular flexibility index (Phi) is 3.08. The third kappa shape index (κ3) is 1.68. The molecule has 0 atom stereocenters. The smallest absolute Gasteiger partial charge is 0.0301 e. The van der Waals surface area contributed by atoms with Gasteiger partial charge in [0.15, 0.2) is 0 Å². The second-order valence-electron chi connectivity index (χ2n) is 5.10. The van der Waals surface area contributed by atoms with E-state index in [2.05, 4.69) is 71.5 Å². The summed E-state index contributed by atoms with van der Waals surface area (Å²) in [6, 6.07) is 6.70. The van der Waals surface area contributed by atoms with E-state index in [1.54, 1.807) is 5.57 Å². The van der Waals surface area contributed by atoms with Crippen LogP contribution in [0.25, 0.3) is 11.6 Å². The maximum Gasteiger partial charge on any atom is 0.0301 e. The van der Waals surface area contributed by atoms with Gasteiger partial charge in [0.2, 0.25) is 0 Å². The fraction of sp³-hybridized carbons (Fsp3) is 0.200. The minimum Gasteiger partial charge on any atom is -0.0806 e. The van der Waals surface area contributed by atoms with Gasteiger partial charge in [-0.15, -0.1) is 0 Å². The number of benzene rings is 1. The summed E-state index contributed by atoms with van der Waals surface area (Å²) in [6.07, 6.45) is 9.45. The molecule has 92 valence electrons. The predicted molar refractivity (Wildman–Crippen MR) is 90.0 cm³/mol. The third-order valence-electron chi connectivity index (χ3n) is 4.34. The van der Waals surface area contributed by atoms with E-state index in [9.17, 15) is 0 Å². The van der Waals surface area contributed by atoms with E-state index in [1.807, 2.05) is 0 Å². The minimum absolute atomic E-state index is 0.0789. The van der Waals surface area contributed by atoms with Crippen molar-refractivity contribution in [2.24, 2.45) is 0 Å². The molecule has 0 saturated carbocycles. The third-order valence-corrected chi connectivity index (χ3v) is 11.5. The molecule has 1 aromatic carbocycles. The van der Waals surface area contributed by atoms with Crippen LogP contribution in [0.5, 0.6) is 0 Å². The van der Waals surface area contributed by atoms with Crippen molar-refractivity contribution in [1.82, 2.24) is 0 Å². The normalized spacial score (nSPS) is 25.7. The molecule has 1 aromatic rings. The van der Waals surface area contributed by atoms with Gasteiger partial charge < -0.3 is 0 Å². The Hall–Kier alpha value is -0.646. The number of halogens is 1. The molecule has 0 aromatic heterocycles. The summed E-state index contributed by atoms with van der Waals surface area (Å²) in [5.74, 6) is 0. The first-order chi connectivity index (χ1) is 8.70. The molecule has 0 aliphatic heterocycles. The Morgan fingerprint density at radius 2 is 1.94 bits per heavy atom. The van der Waals surface area contributed by atoms with Crippen molar-refractivity contribution < 1.29 is 0 Å². The van der Waals surface area contributed by atoms with Crippen molar-refractivity contribution in [1.29, 1.82) is 0 Å². The number of hydrogen-bond acceptors (Lipinski definition) is 0. The van der Waals surface area contributed by atoms with Crippen LogP contribution in [-0.4, -0.2) is 19.0 Å². The molecule has 2 aliphatic carbocycles. The van der Waals surface area contributed by atoms with Crippen molar-refractivity contribution >= 4 is 46.6 Å². The number of fused-ring (bicyclic) bond motifs is 2. The molecule has 0 saturated heterocycles. The molecule has 3 rings (SSSR count). The molecule has 18 heavy (non-hydrogen) atoms. The molecule has 0 N–H and O–H groups in total. The molecule has 0 amide bonds. The first-order valence-electron chi connectivity index (χ1n) is 6.62. The topological polar surface area (TPSA) is 0 Å². The zero-order chi connectivity index (χ0) is 12.8. The zero-order valence-electron chi connectivity index (χ0n) is 10.8. The lowest BCUT2D eigenvalue weighted by Crippen LogP contribution is -2.32. The van der Waals surface area contributed by atoms with Gasteiger partial charge in [-0.1, -0.05) is 53.3 Å². The van der Waals surface area contributed by atoms with Crippen LogP contribution in [0.15, 0.2) is 46.5 Å². The summed E-state index contributed by atoms with van der Waals surface area (Å²) < 4.78 is 1.69. The average Bonchev–Trinajstić information content (AvgIpc) is 2.77. The van der Waals surface area contributed by atoms with Crippen LogP contribution in [-0.2, 0) is 0 Å². The van der Waals surface area contributed by atoms with Crippen LogP contribution in [0, 0.1) is 0 Å². The Morgan fingerprint density at radius 1 is 1.17 bits per heavy atom. The highest BCUT2D eigenvalue weighted by atomic mass is 79.9. The summed E-state index contributed by atoms with van der Waals surface area (Å²) in [5.41, 5.74) is 3.11. The van der Waals surface area contributed by atoms with Crippen LogP contribution < -0.4 is 10.4 Å². The molecule has 0 spiro atoms. The molecule has 0 bridgehead atoms. The molecular weight excluding hydrogens is 316 g/mol. The van der Waals surface area contributed by atoms with Crippen LogP contribution in [0.3, 0.4) is 0 Å². The Morgan fingerprint density at radius 3 is 2.67 bits per heavy atom. The first-order valence-corrected chi connectivity index (χ1v) is 11.7. The van der Waals surface area contributed by atoms with Crippen LogP contribution in [0.2, 0.25) is 17.8 Å².